The van der Waals surface area contributed by atoms with E-state index in [4.69, 9.17) is 0 Å². The van der Waals surface area contributed by atoms with E-state index >= 15 is 0 Å². The van der Waals surface area contributed by atoms with Crippen LogP contribution < -0.4 is 0 Å². The molecule has 0 atom stereocenters. The molecule has 0 spiro atoms. The van der Waals surface area contributed by atoms with Crippen LogP contribution in [-0.2, 0) is 0 Å². The van der Waals surface area contributed by atoms with Crippen molar-refractivity contribution in [2.75, 3.05) is 0 Å². The van der Waals surface area contributed by atoms with Crippen LogP contribution in [0.15, 0.2) is 59.1 Å². The Hall–Kier alpha value is -1.12. The third-order valence-electron chi connectivity index (χ3n) is 1.96. The van der Waals surface area contributed by atoms with E-state index in [1.54, 1.807) is 0 Å². The monoisotopic (exact) mass is 250 g/mol. The quantitative estimate of drug-likeness (QED) is 0.744. The van der Waals surface area contributed by atoms with Gasteiger partial charge in [-0.05, 0) is 17.2 Å². The van der Waals surface area contributed by atoms with Gasteiger partial charge in [-0.25, -0.2) is 0 Å². The Bertz CT molecular complexity index is 398. The van der Waals surface area contributed by atoms with E-state index in [1.165, 1.54) is 11.1 Å². The second-order valence-corrected chi connectivity index (χ2v) is 3.70. The second kappa shape index (κ2) is 4.94. The molecule has 0 saturated heterocycles. The Morgan fingerprint density at radius 3 is 1.93 bits per heavy atom. The predicted octanol–water partition coefficient (Wildman–Crippen LogP) is 3.29. The fourth-order valence-corrected chi connectivity index (χ4v) is 1.83. The molecule has 0 amide bonds. The maximum atomic E-state index is 3.53. The fourth-order valence-electron chi connectivity index (χ4n) is 1.31. The highest BCUT2D eigenvalue weighted by atomic mass is 79.9. The van der Waals surface area contributed by atoms with E-state index in [0.29, 0.717) is 0 Å². The number of hydrogen-bond donors (Lipinski definition) is 0. The molecule has 2 aromatic carbocycles. The fraction of sp³-hybridized carbons (Fsp3) is 0. The first kappa shape index (κ1) is 11.0. The van der Waals surface area contributed by atoms with Crippen molar-refractivity contribution in [2.24, 2.45) is 0 Å². The molecule has 72 valence electrons. The molecule has 0 radical (unpaired) electrons. The summed E-state index contributed by atoms with van der Waals surface area (Å²) in [4.78, 5) is 0. The number of halogens is 1. The Balaban J connectivity index is 0.000000980. The average Bonchev–Trinajstić information content (AvgIpc) is 2.20. The van der Waals surface area contributed by atoms with Crippen LogP contribution in [0.1, 0.15) is 0 Å². The summed E-state index contributed by atoms with van der Waals surface area (Å²) < 4.78 is 1.14. The number of hydrogen-bond acceptors (Lipinski definition) is 0. The van der Waals surface area contributed by atoms with Gasteiger partial charge in [0.05, 0.1) is 0 Å². The third kappa shape index (κ3) is 2.22. The first-order chi connectivity index (χ1) is 6.38. The normalized spacial score (nSPS) is 9.21. The van der Waals surface area contributed by atoms with Gasteiger partial charge in [0.2, 0.25) is 0 Å². The van der Waals surface area contributed by atoms with Gasteiger partial charge in [-0.1, -0.05) is 64.5 Å². The van der Waals surface area contributed by atoms with E-state index in [1.807, 2.05) is 18.2 Å². The molecule has 0 aliphatic heterocycles. The van der Waals surface area contributed by atoms with Crippen molar-refractivity contribution in [3.05, 3.63) is 59.1 Å². The maximum absolute atomic E-state index is 3.53. The Morgan fingerprint density at radius 2 is 1.29 bits per heavy atom. The smallest absolute Gasteiger partial charge is 0.0253 e. The van der Waals surface area contributed by atoms with Crippen molar-refractivity contribution in [2.45, 2.75) is 0 Å². The summed E-state index contributed by atoms with van der Waals surface area (Å²) in [6.45, 7) is 0. The van der Waals surface area contributed by atoms with Gasteiger partial charge >= 0.3 is 0 Å². The molecule has 0 aliphatic carbocycles. The van der Waals surface area contributed by atoms with Crippen LogP contribution in [0, 0.1) is 0 Å². The van der Waals surface area contributed by atoms with Gasteiger partial charge in [0.1, 0.15) is 0 Å². The molecule has 2 N–H and O–H groups in total. The summed E-state index contributed by atoms with van der Waals surface area (Å²) in [6, 6.07) is 18.6. The van der Waals surface area contributed by atoms with E-state index in [-0.39, 0.29) is 5.48 Å². The molecule has 0 unspecified atom stereocenters. The summed E-state index contributed by atoms with van der Waals surface area (Å²) in [5.41, 5.74) is 2.48. The SMILES string of the molecule is Brc1ccccc1-c1ccccc1.O. The number of rotatable bonds is 1. The summed E-state index contributed by atoms with van der Waals surface area (Å²) in [7, 11) is 0. The zero-order valence-corrected chi connectivity index (χ0v) is 9.16. The minimum Gasteiger partial charge on any atom is -0.412 e. The van der Waals surface area contributed by atoms with Crippen molar-refractivity contribution in [1.29, 1.82) is 0 Å². The van der Waals surface area contributed by atoms with Crippen LogP contribution in [0.5, 0.6) is 0 Å². The molecule has 0 heterocycles. The summed E-state index contributed by atoms with van der Waals surface area (Å²) in [6.07, 6.45) is 0. The maximum Gasteiger partial charge on any atom is 0.0253 e. The zero-order valence-electron chi connectivity index (χ0n) is 7.57. The van der Waals surface area contributed by atoms with Crippen LogP contribution >= 0.6 is 15.9 Å². The van der Waals surface area contributed by atoms with Gasteiger partial charge in [-0.2, -0.15) is 0 Å². The average molecular weight is 251 g/mol. The van der Waals surface area contributed by atoms with Crippen LogP contribution in [0.3, 0.4) is 0 Å². The van der Waals surface area contributed by atoms with Gasteiger partial charge in [0, 0.05) is 4.47 Å². The highest BCUT2D eigenvalue weighted by Gasteiger charge is 1.99. The van der Waals surface area contributed by atoms with Crippen molar-refractivity contribution >= 4 is 15.9 Å². The lowest BCUT2D eigenvalue weighted by molar-refractivity contribution is 0.824. The second-order valence-electron chi connectivity index (χ2n) is 2.85. The van der Waals surface area contributed by atoms with E-state index < -0.39 is 0 Å². The molecule has 0 aromatic heterocycles. The third-order valence-corrected chi connectivity index (χ3v) is 2.65. The van der Waals surface area contributed by atoms with Gasteiger partial charge in [0.15, 0.2) is 0 Å². The molecule has 14 heavy (non-hydrogen) atoms. The molecule has 2 rings (SSSR count). The summed E-state index contributed by atoms with van der Waals surface area (Å²) in [5.74, 6) is 0. The van der Waals surface area contributed by atoms with Gasteiger partial charge in [-0.3, -0.25) is 0 Å². The first-order valence-electron chi connectivity index (χ1n) is 4.18. The van der Waals surface area contributed by atoms with Crippen molar-refractivity contribution < 1.29 is 5.48 Å². The lowest BCUT2D eigenvalue weighted by atomic mass is 10.1. The van der Waals surface area contributed by atoms with Gasteiger partial charge in [0.25, 0.3) is 0 Å². The summed E-state index contributed by atoms with van der Waals surface area (Å²) >= 11 is 3.53. The lowest BCUT2D eigenvalue weighted by Gasteiger charge is -2.02. The summed E-state index contributed by atoms with van der Waals surface area (Å²) in [5, 5.41) is 0. The van der Waals surface area contributed by atoms with Crippen molar-refractivity contribution in [1.82, 2.24) is 0 Å². The van der Waals surface area contributed by atoms with Crippen molar-refractivity contribution in [3.8, 4) is 11.1 Å². The Morgan fingerprint density at radius 1 is 0.714 bits per heavy atom. The molecular weight excluding hydrogens is 240 g/mol. The van der Waals surface area contributed by atoms with Crippen LogP contribution in [0.2, 0.25) is 0 Å². The highest BCUT2D eigenvalue weighted by Crippen LogP contribution is 2.27. The Kier molecular flexibility index (Phi) is 3.86. The van der Waals surface area contributed by atoms with E-state index in [2.05, 4.69) is 52.3 Å². The van der Waals surface area contributed by atoms with E-state index in [9.17, 15) is 0 Å². The first-order valence-corrected chi connectivity index (χ1v) is 4.97. The minimum atomic E-state index is 0. The highest BCUT2D eigenvalue weighted by molar-refractivity contribution is 9.10. The topological polar surface area (TPSA) is 31.5 Å². The molecule has 1 nitrogen and oxygen atoms in total. The molecule has 0 aliphatic rings. The minimum absolute atomic E-state index is 0. The molecule has 0 saturated carbocycles. The van der Waals surface area contributed by atoms with Crippen molar-refractivity contribution in [3.63, 3.8) is 0 Å². The largest absolute Gasteiger partial charge is 0.412 e. The van der Waals surface area contributed by atoms with Crippen LogP contribution in [0.4, 0.5) is 0 Å². The lowest BCUT2D eigenvalue weighted by Crippen LogP contribution is -1.77. The molecule has 2 heteroatoms. The molecular formula is C12H11BrO. The zero-order chi connectivity index (χ0) is 9.10. The standard InChI is InChI=1S/C12H9Br.H2O/c13-12-9-5-4-8-11(12)10-6-2-1-3-7-10;/h1-9H;1H2. The molecule has 0 fully saturated rings. The van der Waals surface area contributed by atoms with Gasteiger partial charge in [-0.15, -0.1) is 0 Å². The van der Waals surface area contributed by atoms with Gasteiger partial charge < -0.3 is 5.48 Å². The van der Waals surface area contributed by atoms with Crippen LogP contribution in [0.25, 0.3) is 11.1 Å². The molecule has 0 bridgehead atoms. The molecule has 2 aromatic rings. The Labute approximate surface area is 91.8 Å². The predicted molar refractivity (Wildman–Crippen MR) is 63.2 cm³/mol. The van der Waals surface area contributed by atoms with Crippen LogP contribution in [-0.4, -0.2) is 5.48 Å². The number of benzene rings is 2. The van der Waals surface area contributed by atoms with E-state index in [0.717, 1.165) is 4.47 Å².